The van der Waals surface area contributed by atoms with Gasteiger partial charge in [0.05, 0.1) is 0 Å². The first-order valence-corrected chi connectivity index (χ1v) is 11.3. The molecule has 0 heterocycles. The minimum atomic E-state index is 0.243. The van der Waals surface area contributed by atoms with E-state index >= 15 is 0 Å². The van der Waals surface area contributed by atoms with Crippen LogP contribution in [0.5, 0.6) is 0 Å². The molecule has 2 aromatic carbocycles. The maximum absolute atomic E-state index is 3.45. The molecule has 2 saturated carbocycles. The molecule has 0 nitrogen and oxygen atoms in total. The molecule has 0 radical (unpaired) electrons. The predicted octanol–water partition coefficient (Wildman–Crippen LogP) is 7.58. The average molecular weight is 365 g/mol. The summed E-state index contributed by atoms with van der Waals surface area (Å²) in [7, 11) is 3.45. The minimum Gasteiger partial charge on any atom is -0.126 e. The van der Waals surface area contributed by atoms with Crippen LogP contribution in [0, 0.1) is 11.8 Å². The van der Waals surface area contributed by atoms with E-state index in [1.54, 1.807) is 5.56 Å². The summed E-state index contributed by atoms with van der Waals surface area (Å²) in [5, 5.41) is 0.243. The first kappa shape index (κ1) is 18.2. The quantitative estimate of drug-likeness (QED) is 0.490. The van der Waals surface area contributed by atoms with Gasteiger partial charge in [-0.05, 0) is 54.2 Å². The lowest BCUT2D eigenvalue weighted by molar-refractivity contribution is 0.175. The molecule has 2 fully saturated rings. The second kappa shape index (κ2) is 8.26. The second-order valence-electron chi connectivity index (χ2n) is 8.51. The highest BCUT2D eigenvalue weighted by atomic mass is 31.0. The maximum atomic E-state index is 3.45. The molecule has 1 heteroatoms. The monoisotopic (exact) mass is 364 g/mol. The molecule has 2 aliphatic rings. The summed E-state index contributed by atoms with van der Waals surface area (Å²) in [6.07, 6.45) is 14.2. The smallest absolute Gasteiger partial charge is 0.0160 e. The van der Waals surface area contributed by atoms with Crippen molar-refractivity contribution in [3.05, 3.63) is 60.2 Å². The van der Waals surface area contributed by atoms with Crippen LogP contribution in [0.2, 0.25) is 0 Å². The van der Waals surface area contributed by atoms with E-state index in [-0.39, 0.29) is 5.16 Å². The van der Waals surface area contributed by atoms with E-state index in [9.17, 15) is 0 Å². The van der Waals surface area contributed by atoms with Crippen LogP contribution in [-0.2, 0) is 5.16 Å². The third-order valence-electron chi connectivity index (χ3n) is 7.04. The highest BCUT2D eigenvalue weighted by Crippen LogP contribution is 2.56. The molecule has 4 rings (SSSR count). The fourth-order valence-electron chi connectivity index (χ4n) is 5.66. The van der Waals surface area contributed by atoms with Crippen LogP contribution >= 0.6 is 9.24 Å². The summed E-state index contributed by atoms with van der Waals surface area (Å²) in [4.78, 5) is 0. The molecule has 2 aromatic rings. The Balaban J connectivity index is 1.81. The van der Waals surface area contributed by atoms with E-state index in [4.69, 9.17) is 0 Å². The van der Waals surface area contributed by atoms with Crippen LogP contribution in [0.4, 0.5) is 0 Å². The maximum Gasteiger partial charge on any atom is 0.0160 e. The van der Waals surface area contributed by atoms with Gasteiger partial charge in [-0.15, -0.1) is 9.24 Å². The molecule has 2 aliphatic carbocycles. The summed E-state index contributed by atoms with van der Waals surface area (Å²) in [5.41, 5.74) is 4.43. The molecule has 138 valence electrons. The van der Waals surface area contributed by atoms with Gasteiger partial charge < -0.3 is 0 Å². The highest BCUT2D eigenvalue weighted by Gasteiger charge is 2.44. The lowest BCUT2D eigenvalue weighted by atomic mass is 9.65. The molecule has 0 N–H and O–H groups in total. The van der Waals surface area contributed by atoms with Crippen LogP contribution < -0.4 is 0 Å². The summed E-state index contributed by atoms with van der Waals surface area (Å²) in [6, 6.07) is 20.3. The average Bonchev–Trinajstić information content (AvgIpc) is 2.75. The van der Waals surface area contributed by atoms with Gasteiger partial charge in [-0.2, -0.15) is 0 Å². The van der Waals surface area contributed by atoms with Crippen molar-refractivity contribution in [2.75, 3.05) is 0 Å². The van der Waals surface area contributed by atoms with Gasteiger partial charge in [0.25, 0.3) is 0 Å². The third-order valence-corrected chi connectivity index (χ3v) is 8.29. The Morgan fingerprint density at radius 2 is 1.12 bits per heavy atom. The molecule has 0 spiro atoms. The van der Waals surface area contributed by atoms with Gasteiger partial charge in [0.15, 0.2) is 0 Å². The minimum absolute atomic E-state index is 0.243. The lowest BCUT2D eigenvalue weighted by Gasteiger charge is -2.48. The Labute approximate surface area is 162 Å². The first-order chi connectivity index (χ1) is 12.8. The van der Waals surface area contributed by atoms with Gasteiger partial charge in [0.2, 0.25) is 0 Å². The number of hydrogen-bond acceptors (Lipinski definition) is 0. The van der Waals surface area contributed by atoms with Crippen molar-refractivity contribution in [1.82, 2.24) is 0 Å². The first-order valence-electron chi connectivity index (χ1n) is 10.7. The zero-order valence-electron chi connectivity index (χ0n) is 16.0. The molecule has 0 bridgehead atoms. The molecule has 0 aromatic heterocycles. The van der Waals surface area contributed by atoms with E-state index in [1.165, 1.54) is 75.3 Å². The molecular weight excluding hydrogens is 331 g/mol. The molecule has 26 heavy (non-hydrogen) atoms. The normalized spacial score (nSPS) is 20.2. The third kappa shape index (κ3) is 3.50. The summed E-state index contributed by atoms with van der Waals surface area (Å²) in [5.74, 6) is 1.63. The van der Waals surface area contributed by atoms with Crippen LogP contribution in [0.3, 0.4) is 0 Å². The van der Waals surface area contributed by atoms with Gasteiger partial charge in [-0.25, -0.2) is 0 Å². The summed E-state index contributed by atoms with van der Waals surface area (Å²) >= 11 is 0. The molecule has 0 aliphatic heterocycles. The van der Waals surface area contributed by atoms with Crippen molar-refractivity contribution < 1.29 is 0 Å². The van der Waals surface area contributed by atoms with E-state index in [0.29, 0.717) is 0 Å². The molecule has 0 amide bonds. The van der Waals surface area contributed by atoms with Crippen molar-refractivity contribution in [1.29, 1.82) is 0 Å². The summed E-state index contributed by atoms with van der Waals surface area (Å²) < 4.78 is 0. The van der Waals surface area contributed by atoms with Crippen molar-refractivity contribution in [2.45, 2.75) is 69.4 Å². The van der Waals surface area contributed by atoms with Crippen LogP contribution in [0.15, 0.2) is 54.6 Å². The van der Waals surface area contributed by atoms with Crippen molar-refractivity contribution >= 4 is 9.24 Å². The largest absolute Gasteiger partial charge is 0.126 e. The van der Waals surface area contributed by atoms with Crippen molar-refractivity contribution in [2.24, 2.45) is 11.8 Å². The van der Waals surface area contributed by atoms with Gasteiger partial charge in [0.1, 0.15) is 0 Å². The lowest BCUT2D eigenvalue weighted by Crippen LogP contribution is -2.39. The van der Waals surface area contributed by atoms with Gasteiger partial charge in [-0.1, -0.05) is 93.1 Å². The summed E-state index contributed by atoms with van der Waals surface area (Å²) in [6.45, 7) is 0. The van der Waals surface area contributed by atoms with Gasteiger partial charge in [0, 0.05) is 5.16 Å². The fourth-order valence-corrected chi connectivity index (χ4v) is 6.58. The van der Waals surface area contributed by atoms with E-state index < -0.39 is 0 Å². The Morgan fingerprint density at radius 1 is 0.615 bits per heavy atom. The van der Waals surface area contributed by atoms with Crippen LogP contribution in [0.25, 0.3) is 11.1 Å². The Bertz CT molecular complexity index is 675. The van der Waals surface area contributed by atoms with Crippen LogP contribution in [0.1, 0.15) is 69.8 Å². The van der Waals surface area contributed by atoms with Crippen LogP contribution in [-0.4, -0.2) is 0 Å². The second-order valence-corrected chi connectivity index (χ2v) is 9.47. The fraction of sp³-hybridized carbons (Fsp3) is 0.520. The molecule has 1 unspecified atom stereocenters. The van der Waals surface area contributed by atoms with Gasteiger partial charge in [-0.3, -0.25) is 0 Å². The molecule has 0 saturated heterocycles. The Morgan fingerprint density at radius 3 is 1.69 bits per heavy atom. The van der Waals surface area contributed by atoms with Crippen molar-refractivity contribution in [3.63, 3.8) is 0 Å². The number of benzene rings is 2. The van der Waals surface area contributed by atoms with E-state index in [2.05, 4.69) is 63.8 Å². The number of rotatable bonds is 4. The zero-order chi connectivity index (χ0) is 17.8. The van der Waals surface area contributed by atoms with Gasteiger partial charge >= 0.3 is 0 Å². The number of hydrogen-bond donors (Lipinski definition) is 0. The Kier molecular flexibility index (Phi) is 5.80. The van der Waals surface area contributed by atoms with Crippen molar-refractivity contribution in [3.8, 4) is 11.1 Å². The van der Waals surface area contributed by atoms with E-state index in [1.807, 2.05) is 0 Å². The standard InChI is InChI=1S/C25H33P/c26-25(21-14-6-2-7-15-21,22-16-8-3-9-17-22)24-19-11-10-18-23(24)20-12-4-1-5-13-20/h1,4-5,10-13,18-19,21-22H,2-3,6-9,14-17,26H2. The zero-order valence-corrected chi connectivity index (χ0v) is 17.2. The molecule has 1 atom stereocenters. The topological polar surface area (TPSA) is 0 Å². The van der Waals surface area contributed by atoms with E-state index in [0.717, 1.165) is 11.8 Å². The highest BCUT2D eigenvalue weighted by molar-refractivity contribution is 7.18. The Hall–Kier alpha value is -1.13. The molecular formula is C25H33P. The SMILES string of the molecule is PC(c1ccccc1-c1ccccc1)(C1CCCCC1)C1CCCCC1. The predicted molar refractivity (Wildman–Crippen MR) is 116 cm³/mol.